The second-order valence-electron chi connectivity index (χ2n) is 4.78. The quantitative estimate of drug-likeness (QED) is 0.573. The third kappa shape index (κ3) is 5.25. The minimum atomic E-state index is -1.56. The van der Waals surface area contributed by atoms with Crippen molar-refractivity contribution in [3.05, 3.63) is 35.9 Å². The van der Waals surface area contributed by atoms with Gasteiger partial charge in [-0.2, -0.15) is 0 Å². The van der Waals surface area contributed by atoms with Gasteiger partial charge < -0.3 is 15.5 Å². The summed E-state index contributed by atoms with van der Waals surface area (Å²) in [5, 5.41) is 20.4. The number of hydrogen-bond acceptors (Lipinski definition) is 4. The summed E-state index contributed by atoms with van der Waals surface area (Å²) >= 11 is 0. The summed E-state index contributed by atoms with van der Waals surface area (Å²) in [4.78, 5) is 27.4. The lowest BCUT2D eigenvalue weighted by Gasteiger charge is -2.27. The number of rotatable bonds is 6. The highest BCUT2D eigenvalue weighted by Crippen LogP contribution is 2.09. The first-order valence-corrected chi connectivity index (χ1v) is 5.98. The molecule has 20 heavy (non-hydrogen) atoms. The summed E-state index contributed by atoms with van der Waals surface area (Å²) in [7, 11) is 0. The van der Waals surface area contributed by atoms with E-state index in [2.05, 4.69) is 5.48 Å². The van der Waals surface area contributed by atoms with E-state index in [1.165, 1.54) is 13.8 Å². The summed E-state index contributed by atoms with van der Waals surface area (Å²) in [6.07, 6.45) is -1.41. The Morgan fingerprint density at radius 1 is 1.30 bits per heavy atom. The molecule has 1 aromatic rings. The molecule has 1 rings (SSSR count). The molecule has 0 saturated heterocycles. The van der Waals surface area contributed by atoms with Crippen LogP contribution in [0.2, 0.25) is 0 Å². The highest BCUT2D eigenvalue weighted by molar-refractivity contribution is 5.85. The largest absolute Gasteiger partial charge is 0.465 e. The number of aliphatic hydroxyl groups is 1. The van der Waals surface area contributed by atoms with E-state index in [1.807, 2.05) is 35.6 Å². The third-order valence-corrected chi connectivity index (χ3v) is 2.49. The van der Waals surface area contributed by atoms with Crippen LogP contribution in [0, 0.1) is 0 Å². The Hall–Kier alpha value is -2.12. The molecule has 0 unspecified atom stereocenters. The van der Waals surface area contributed by atoms with Gasteiger partial charge in [-0.1, -0.05) is 30.3 Å². The standard InChI is InChI=1S/C13H18N2O5/c1-13(2,19)10(14-12(17)18)11(16)15-20-8-9-6-4-3-5-7-9/h3-7,10,14,19H,8H2,1-2H3,(H,15,16)(H,17,18)/t10-/m1/s1. The first-order chi connectivity index (χ1) is 9.30. The second kappa shape index (κ2) is 6.88. The Labute approximate surface area is 116 Å². The maximum atomic E-state index is 11.8. The Bertz CT molecular complexity index is 456. The van der Waals surface area contributed by atoms with Crippen molar-refractivity contribution in [2.24, 2.45) is 0 Å². The number of amides is 2. The van der Waals surface area contributed by atoms with Crippen LogP contribution in [0.3, 0.4) is 0 Å². The Morgan fingerprint density at radius 3 is 2.40 bits per heavy atom. The van der Waals surface area contributed by atoms with Gasteiger partial charge in [-0.3, -0.25) is 9.63 Å². The Kier molecular flexibility index (Phi) is 5.48. The average molecular weight is 282 g/mol. The van der Waals surface area contributed by atoms with E-state index >= 15 is 0 Å². The predicted molar refractivity (Wildman–Crippen MR) is 70.6 cm³/mol. The first kappa shape index (κ1) is 15.9. The Morgan fingerprint density at radius 2 is 1.90 bits per heavy atom. The van der Waals surface area contributed by atoms with Crippen molar-refractivity contribution in [2.45, 2.75) is 32.1 Å². The van der Waals surface area contributed by atoms with Gasteiger partial charge in [-0.25, -0.2) is 10.3 Å². The maximum absolute atomic E-state index is 11.8. The number of hydrogen-bond donors (Lipinski definition) is 4. The monoisotopic (exact) mass is 282 g/mol. The maximum Gasteiger partial charge on any atom is 0.405 e. The van der Waals surface area contributed by atoms with Gasteiger partial charge in [0.05, 0.1) is 12.2 Å². The third-order valence-electron chi connectivity index (χ3n) is 2.49. The summed E-state index contributed by atoms with van der Waals surface area (Å²) in [5.41, 5.74) is 1.41. The van der Waals surface area contributed by atoms with E-state index < -0.39 is 23.6 Å². The van der Waals surface area contributed by atoms with Crippen molar-refractivity contribution in [1.29, 1.82) is 0 Å². The lowest BCUT2D eigenvalue weighted by Crippen LogP contribution is -2.57. The summed E-state index contributed by atoms with van der Waals surface area (Å²) in [5.74, 6) is -0.768. The van der Waals surface area contributed by atoms with E-state index in [4.69, 9.17) is 9.94 Å². The summed E-state index contributed by atoms with van der Waals surface area (Å²) < 4.78 is 0. The van der Waals surface area contributed by atoms with Crippen LogP contribution in [0.4, 0.5) is 4.79 Å². The molecule has 2 amide bonds. The molecule has 0 aliphatic carbocycles. The molecule has 0 heterocycles. The molecule has 0 fully saturated rings. The molecular weight excluding hydrogens is 264 g/mol. The summed E-state index contributed by atoms with van der Waals surface area (Å²) in [6.45, 7) is 2.78. The van der Waals surface area contributed by atoms with E-state index in [1.54, 1.807) is 0 Å². The molecule has 0 radical (unpaired) electrons. The smallest absolute Gasteiger partial charge is 0.405 e. The predicted octanol–water partition coefficient (Wildman–Crippen LogP) is 0.641. The number of benzene rings is 1. The van der Waals surface area contributed by atoms with Crippen LogP contribution in [0.25, 0.3) is 0 Å². The minimum absolute atomic E-state index is 0.137. The van der Waals surface area contributed by atoms with Gasteiger partial charge in [-0.05, 0) is 19.4 Å². The van der Waals surface area contributed by atoms with E-state index in [0.29, 0.717) is 0 Å². The Balaban J connectivity index is 2.52. The van der Waals surface area contributed by atoms with Crippen LogP contribution in [0.5, 0.6) is 0 Å². The number of carbonyl (C=O) groups excluding carboxylic acids is 1. The molecule has 4 N–H and O–H groups in total. The fraction of sp³-hybridized carbons (Fsp3) is 0.385. The van der Waals surface area contributed by atoms with Crippen molar-refractivity contribution >= 4 is 12.0 Å². The zero-order valence-electron chi connectivity index (χ0n) is 11.3. The van der Waals surface area contributed by atoms with Crippen LogP contribution < -0.4 is 10.8 Å². The molecule has 0 aliphatic heterocycles. The molecule has 7 heteroatoms. The lowest BCUT2D eigenvalue weighted by molar-refractivity contribution is -0.142. The van der Waals surface area contributed by atoms with Gasteiger partial charge in [0.1, 0.15) is 6.04 Å². The highest BCUT2D eigenvalue weighted by atomic mass is 16.7. The average Bonchev–Trinajstić information content (AvgIpc) is 2.35. The molecule has 0 bridgehead atoms. The molecule has 0 aliphatic rings. The number of carbonyl (C=O) groups is 2. The molecule has 0 spiro atoms. The van der Waals surface area contributed by atoms with E-state index in [0.717, 1.165) is 5.56 Å². The van der Waals surface area contributed by atoms with Crippen LogP contribution >= 0.6 is 0 Å². The highest BCUT2D eigenvalue weighted by Gasteiger charge is 2.35. The number of carboxylic acid groups (broad SMARTS) is 1. The number of hydroxylamine groups is 1. The SMILES string of the molecule is CC(C)(O)[C@H](NC(=O)O)C(=O)NOCc1ccccc1. The topological polar surface area (TPSA) is 108 Å². The van der Waals surface area contributed by atoms with Gasteiger partial charge in [-0.15, -0.1) is 0 Å². The van der Waals surface area contributed by atoms with E-state index in [-0.39, 0.29) is 6.61 Å². The fourth-order valence-corrected chi connectivity index (χ4v) is 1.51. The van der Waals surface area contributed by atoms with Gasteiger partial charge in [0.15, 0.2) is 0 Å². The molecule has 0 saturated carbocycles. The molecule has 7 nitrogen and oxygen atoms in total. The van der Waals surface area contributed by atoms with Crippen molar-refractivity contribution in [3.8, 4) is 0 Å². The molecule has 0 aromatic heterocycles. The van der Waals surface area contributed by atoms with Crippen molar-refractivity contribution in [3.63, 3.8) is 0 Å². The zero-order chi connectivity index (χ0) is 15.2. The molecule has 1 atom stereocenters. The molecule has 110 valence electrons. The first-order valence-electron chi connectivity index (χ1n) is 5.98. The lowest BCUT2D eigenvalue weighted by atomic mass is 9.99. The van der Waals surface area contributed by atoms with Crippen LogP contribution in [0.1, 0.15) is 19.4 Å². The van der Waals surface area contributed by atoms with Crippen molar-refractivity contribution in [2.75, 3.05) is 0 Å². The fourth-order valence-electron chi connectivity index (χ4n) is 1.51. The minimum Gasteiger partial charge on any atom is -0.465 e. The normalized spacial score (nSPS) is 12.6. The van der Waals surface area contributed by atoms with Crippen LogP contribution in [-0.2, 0) is 16.2 Å². The molecule has 1 aromatic carbocycles. The van der Waals surface area contributed by atoms with Gasteiger partial charge >= 0.3 is 6.09 Å². The zero-order valence-corrected chi connectivity index (χ0v) is 11.3. The summed E-state index contributed by atoms with van der Waals surface area (Å²) in [6, 6.07) is 7.79. The van der Waals surface area contributed by atoms with Crippen LogP contribution in [-0.4, -0.2) is 33.9 Å². The van der Waals surface area contributed by atoms with E-state index in [9.17, 15) is 14.7 Å². The van der Waals surface area contributed by atoms with Crippen molar-refractivity contribution < 1.29 is 24.6 Å². The van der Waals surface area contributed by atoms with Gasteiger partial charge in [0.25, 0.3) is 5.91 Å². The van der Waals surface area contributed by atoms with Crippen LogP contribution in [0.15, 0.2) is 30.3 Å². The second-order valence-corrected chi connectivity index (χ2v) is 4.78. The van der Waals surface area contributed by atoms with Crippen molar-refractivity contribution in [1.82, 2.24) is 10.8 Å². The molecular formula is C13H18N2O5. The number of nitrogens with one attached hydrogen (secondary N) is 2. The van der Waals surface area contributed by atoms with Gasteiger partial charge in [0, 0.05) is 0 Å². The van der Waals surface area contributed by atoms with Gasteiger partial charge in [0.2, 0.25) is 0 Å².